The molecule has 27 heavy (non-hydrogen) atoms. The summed E-state index contributed by atoms with van der Waals surface area (Å²) in [5.74, 6) is 0.0128. The summed E-state index contributed by atoms with van der Waals surface area (Å²) in [5.41, 5.74) is 4.59. The highest BCUT2D eigenvalue weighted by atomic mass is 32.2. The Morgan fingerprint density at radius 1 is 1.07 bits per heavy atom. The smallest absolute Gasteiger partial charge is 0.251 e. The number of carbonyl (C=O) groups excluding carboxylic acids is 1. The fourth-order valence-corrected chi connectivity index (χ4v) is 5.56. The highest BCUT2D eigenvalue weighted by Gasteiger charge is 2.29. The van der Waals surface area contributed by atoms with Gasteiger partial charge in [0.25, 0.3) is 5.91 Å². The van der Waals surface area contributed by atoms with Gasteiger partial charge < -0.3 is 5.32 Å². The monoisotopic (exact) mass is 384 g/mol. The number of benzene rings is 2. The largest absolute Gasteiger partial charge is 0.348 e. The molecule has 4 rings (SSSR count). The molecule has 1 atom stereocenters. The summed E-state index contributed by atoms with van der Waals surface area (Å²) in [6.07, 6.45) is 1.57. The van der Waals surface area contributed by atoms with Crippen LogP contribution >= 0.6 is 0 Å². The highest BCUT2D eigenvalue weighted by Crippen LogP contribution is 2.20. The fourth-order valence-electron chi connectivity index (χ4n) is 3.89. The van der Waals surface area contributed by atoms with Gasteiger partial charge in [0.15, 0.2) is 9.84 Å². The first-order valence-corrected chi connectivity index (χ1v) is 11.2. The van der Waals surface area contributed by atoms with Crippen LogP contribution in [0.5, 0.6) is 0 Å². The lowest BCUT2D eigenvalue weighted by molar-refractivity contribution is 0.0941. The standard InChI is InChI=1S/C21H24N2O3S/c24-21(22-20-10-12-27(25,26)15-20)18-7-5-16(6-8-18)13-23-11-9-17-3-1-2-4-19(17)14-23/h1-8,20H,9-15H2,(H,22,24)/t20-/m1/s1. The molecule has 0 unspecified atom stereocenters. The van der Waals surface area contributed by atoms with Crippen molar-refractivity contribution in [1.82, 2.24) is 10.2 Å². The number of hydrogen-bond donors (Lipinski definition) is 1. The van der Waals surface area contributed by atoms with Crippen LogP contribution in [0.25, 0.3) is 0 Å². The van der Waals surface area contributed by atoms with Gasteiger partial charge in [0.05, 0.1) is 11.5 Å². The van der Waals surface area contributed by atoms with Crippen LogP contribution in [0.15, 0.2) is 48.5 Å². The van der Waals surface area contributed by atoms with Crippen molar-refractivity contribution in [2.24, 2.45) is 0 Å². The number of rotatable bonds is 4. The first kappa shape index (κ1) is 18.2. The van der Waals surface area contributed by atoms with Gasteiger partial charge in [-0.15, -0.1) is 0 Å². The quantitative estimate of drug-likeness (QED) is 0.877. The molecule has 2 aromatic rings. The van der Waals surface area contributed by atoms with Gasteiger partial charge in [0.2, 0.25) is 0 Å². The molecule has 1 amide bonds. The molecule has 6 heteroatoms. The van der Waals surface area contributed by atoms with Crippen molar-refractivity contribution in [1.29, 1.82) is 0 Å². The predicted molar refractivity (Wildman–Crippen MR) is 105 cm³/mol. The number of amides is 1. The summed E-state index contributed by atoms with van der Waals surface area (Å²) in [7, 11) is -2.99. The molecule has 1 N–H and O–H groups in total. The maximum absolute atomic E-state index is 12.3. The molecule has 0 aliphatic carbocycles. The SMILES string of the molecule is O=C(N[C@@H]1CCS(=O)(=O)C1)c1ccc(CN2CCc3ccccc3C2)cc1. The van der Waals surface area contributed by atoms with E-state index in [-0.39, 0.29) is 23.5 Å². The summed E-state index contributed by atoms with van der Waals surface area (Å²) in [6.45, 7) is 2.85. The van der Waals surface area contributed by atoms with E-state index in [2.05, 4.69) is 34.5 Å². The fraction of sp³-hybridized carbons (Fsp3) is 0.381. The molecule has 2 heterocycles. The van der Waals surface area contributed by atoms with Gasteiger partial charge in [-0.25, -0.2) is 8.42 Å². The van der Waals surface area contributed by atoms with Crippen LogP contribution in [0, 0.1) is 0 Å². The Morgan fingerprint density at radius 3 is 2.52 bits per heavy atom. The topological polar surface area (TPSA) is 66.5 Å². The molecular formula is C21H24N2O3S. The molecule has 2 aliphatic rings. The molecule has 142 valence electrons. The average molecular weight is 385 g/mol. The third-order valence-corrected chi connectivity index (χ3v) is 7.17. The molecule has 5 nitrogen and oxygen atoms in total. The average Bonchev–Trinajstić information content (AvgIpc) is 3.00. The second-order valence-corrected chi connectivity index (χ2v) is 9.73. The molecule has 0 aromatic heterocycles. The van der Waals surface area contributed by atoms with Crippen molar-refractivity contribution in [2.45, 2.75) is 32.0 Å². The molecule has 0 spiro atoms. The first-order chi connectivity index (χ1) is 13.0. The van der Waals surface area contributed by atoms with Crippen LogP contribution < -0.4 is 5.32 Å². The van der Waals surface area contributed by atoms with Crippen LogP contribution in [-0.4, -0.2) is 43.3 Å². The summed E-state index contributed by atoms with van der Waals surface area (Å²) in [5, 5.41) is 2.83. The van der Waals surface area contributed by atoms with Crippen LogP contribution in [0.1, 0.15) is 33.5 Å². The van der Waals surface area contributed by atoms with E-state index < -0.39 is 9.84 Å². The summed E-state index contributed by atoms with van der Waals surface area (Å²) >= 11 is 0. The van der Waals surface area contributed by atoms with E-state index in [0.717, 1.165) is 26.1 Å². The van der Waals surface area contributed by atoms with Crippen LogP contribution in [0.3, 0.4) is 0 Å². The minimum atomic E-state index is -2.99. The first-order valence-electron chi connectivity index (χ1n) is 9.38. The lowest BCUT2D eigenvalue weighted by Crippen LogP contribution is -2.35. The molecule has 0 bridgehead atoms. The maximum Gasteiger partial charge on any atom is 0.251 e. The van der Waals surface area contributed by atoms with E-state index in [1.54, 1.807) is 0 Å². The van der Waals surface area contributed by atoms with Crippen LogP contribution in [-0.2, 0) is 29.3 Å². The number of hydrogen-bond acceptors (Lipinski definition) is 4. The Bertz CT molecular complexity index is 938. The second kappa shape index (κ2) is 7.44. The van der Waals surface area contributed by atoms with E-state index in [1.165, 1.54) is 16.7 Å². The molecule has 0 radical (unpaired) electrons. The zero-order valence-electron chi connectivity index (χ0n) is 15.2. The third kappa shape index (κ3) is 4.39. The third-order valence-electron chi connectivity index (χ3n) is 5.40. The highest BCUT2D eigenvalue weighted by molar-refractivity contribution is 7.91. The molecule has 2 aromatic carbocycles. The van der Waals surface area contributed by atoms with Crippen molar-refractivity contribution in [3.05, 3.63) is 70.8 Å². The lowest BCUT2D eigenvalue weighted by Gasteiger charge is -2.28. The minimum absolute atomic E-state index is 0.0489. The number of carbonyl (C=O) groups is 1. The number of nitrogens with one attached hydrogen (secondary N) is 1. The summed E-state index contributed by atoms with van der Waals surface area (Å²) < 4.78 is 23.0. The van der Waals surface area contributed by atoms with Gasteiger partial charge in [-0.2, -0.15) is 0 Å². The van der Waals surface area contributed by atoms with Gasteiger partial charge in [0, 0.05) is 31.2 Å². The normalized spacial score (nSPS) is 21.6. The van der Waals surface area contributed by atoms with E-state index >= 15 is 0 Å². The lowest BCUT2D eigenvalue weighted by atomic mass is 9.99. The van der Waals surface area contributed by atoms with Gasteiger partial charge in [-0.3, -0.25) is 9.69 Å². The number of nitrogens with zero attached hydrogens (tertiary/aromatic N) is 1. The van der Waals surface area contributed by atoms with E-state index in [0.29, 0.717) is 12.0 Å². The van der Waals surface area contributed by atoms with Crippen molar-refractivity contribution < 1.29 is 13.2 Å². The zero-order chi connectivity index (χ0) is 18.9. The van der Waals surface area contributed by atoms with Gasteiger partial charge in [0.1, 0.15) is 0 Å². The van der Waals surface area contributed by atoms with Crippen molar-refractivity contribution in [3.63, 3.8) is 0 Å². The molecule has 1 fully saturated rings. The Balaban J connectivity index is 1.35. The minimum Gasteiger partial charge on any atom is -0.348 e. The molecule has 2 aliphatic heterocycles. The molecule has 0 saturated carbocycles. The van der Waals surface area contributed by atoms with Crippen LogP contribution in [0.4, 0.5) is 0 Å². The van der Waals surface area contributed by atoms with Crippen molar-refractivity contribution in [2.75, 3.05) is 18.1 Å². The summed E-state index contributed by atoms with van der Waals surface area (Å²) in [6, 6.07) is 15.9. The Labute approximate surface area is 160 Å². The van der Waals surface area contributed by atoms with E-state index in [1.807, 2.05) is 24.3 Å². The van der Waals surface area contributed by atoms with Gasteiger partial charge >= 0.3 is 0 Å². The van der Waals surface area contributed by atoms with Gasteiger partial charge in [-0.1, -0.05) is 36.4 Å². The maximum atomic E-state index is 12.3. The molecular weight excluding hydrogens is 360 g/mol. The molecule has 1 saturated heterocycles. The van der Waals surface area contributed by atoms with Gasteiger partial charge in [-0.05, 0) is 41.7 Å². The Kier molecular flexibility index (Phi) is 5.02. The van der Waals surface area contributed by atoms with Crippen molar-refractivity contribution in [3.8, 4) is 0 Å². The number of sulfone groups is 1. The second-order valence-electron chi connectivity index (χ2n) is 7.50. The van der Waals surface area contributed by atoms with E-state index in [4.69, 9.17) is 0 Å². The Morgan fingerprint density at radius 2 is 1.81 bits per heavy atom. The van der Waals surface area contributed by atoms with Crippen LogP contribution in [0.2, 0.25) is 0 Å². The zero-order valence-corrected chi connectivity index (χ0v) is 16.0. The number of fused-ring (bicyclic) bond motifs is 1. The Hall–Kier alpha value is -2.18. The predicted octanol–water partition coefficient (Wildman–Crippen LogP) is 2.16. The van der Waals surface area contributed by atoms with E-state index in [9.17, 15) is 13.2 Å². The summed E-state index contributed by atoms with van der Waals surface area (Å²) in [4.78, 5) is 14.8. The van der Waals surface area contributed by atoms with Crippen molar-refractivity contribution >= 4 is 15.7 Å².